The van der Waals surface area contributed by atoms with E-state index in [1.54, 1.807) is 20.5 Å². The van der Waals surface area contributed by atoms with Gasteiger partial charge in [0.2, 0.25) is 0 Å². The number of ether oxygens (including phenoxy) is 3. The van der Waals surface area contributed by atoms with Gasteiger partial charge in [-0.05, 0) is 25.0 Å². The van der Waals surface area contributed by atoms with Crippen LogP contribution in [0.5, 0.6) is 11.5 Å². The molecule has 1 aliphatic rings. The minimum atomic E-state index is -0.0232. The summed E-state index contributed by atoms with van der Waals surface area (Å²) in [7, 11) is 3.21. The van der Waals surface area contributed by atoms with Gasteiger partial charge >= 0.3 is 0 Å². The van der Waals surface area contributed by atoms with Crippen LogP contribution in [0.1, 0.15) is 19.1 Å². The number of imidazole rings is 1. The molecule has 0 amide bonds. The van der Waals surface area contributed by atoms with E-state index >= 15 is 0 Å². The number of rotatable bonds is 5. The van der Waals surface area contributed by atoms with E-state index in [9.17, 15) is 0 Å². The van der Waals surface area contributed by atoms with E-state index in [0.29, 0.717) is 26.7 Å². The van der Waals surface area contributed by atoms with Crippen LogP contribution in [0.3, 0.4) is 0 Å². The highest BCUT2D eigenvalue weighted by atomic mass is 127. The maximum Gasteiger partial charge on any atom is 0.194 e. The predicted octanol–water partition coefficient (Wildman–Crippen LogP) is 3.50. The SMILES string of the molecule is COc1cccc(Nc2nc(I)nc3c2ncn3C2CCCO2)c1OC. The van der Waals surface area contributed by atoms with E-state index in [0.717, 1.165) is 30.8 Å². The summed E-state index contributed by atoms with van der Waals surface area (Å²) < 4.78 is 19.2. The smallest absolute Gasteiger partial charge is 0.194 e. The van der Waals surface area contributed by atoms with Crippen molar-refractivity contribution in [2.45, 2.75) is 19.1 Å². The van der Waals surface area contributed by atoms with E-state index in [1.807, 2.05) is 22.8 Å². The average molecular weight is 467 g/mol. The summed E-state index contributed by atoms with van der Waals surface area (Å²) in [5, 5.41) is 3.31. The van der Waals surface area contributed by atoms with Crippen LogP contribution in [0.2, 0.25) is 0 Å². The lowest BCUT2D eigenvalue weighted by atomic mass is 10.2. The summed E-state index contributed by atoms with van der Waals surface area (Å²) in [6.45, 7) is 0.763. The Kier molecular flexibility index (Phi) is 4.81. The van der Waals surface area contributed by atoms with Crippen LogP contribution in [0.15, 0.2) is 24.5 Å². The van der Waals surface area contributed by atoms with Crippen molar-refractivity contribution in [2.24, 2.45) is 0 Å². The van der Waals surface area contributed by atoms with Crippen molar-refractivity contribution >= 4 is 45.3 Å². The lowest BCUT2D eigenvalue weighted by Gasteiger charge is -2.14. The number of para-hydroxylation sites is 1. The predicted molar refractivity (Wildman–Crippen MR) is 105 cm³/mol. The van der Waals surface area contributed by atoms with Gasteiger partial charge in [-0.3, -0.25) is 4.57 Å². The molecule has 1 atom stereocenters. The van der Waals surface area contributed by atoms with Crippen molar-refractivity contribution in [1.29, 1.82) is 0 Å². The zero-order valence-electron chi connectivity index (χ0n) is 14.4. The zero-order chi connectivity index (χ0) is 18.1. The van der Waals surface area contributed by atoms with Gasteiger partial charge in [-0.2, -0.15) is 0 Å². The van der Waals surface area contributed by atoms with Gasteiger partial charge in [0.1, 0.15) is 6.23 Å². The third-order valence-electron chi connectivity index (χ3n) is 4.27. The zero-order valence-corrected chi connectivity index (χ0v) is 16.6. The second kappa shape index (κ2) is 7.23. The largest absolute Gasteiger partial charge is 0.493 e. The molecule has 0 spiro atoms. The molecule has 0 radical (unpaired) electrons. The molecule has 0 aliphatic carbocycles. The monoisotopic (exact) mass is 467 g/mol. The van der Waals surface area contributed by atoms with E-state index in [2.05, 4.69) is 42.9 Å². The summed E-state index contributed by atoms with van der Waals surface area (Å²) in [5.41, 5.74) is 2.18. The number of halogens is 1. The Balaban J connectivity index is 1.78. The van der Waals surface area contributed by atoms with Gasteiger partial charge in [-0.15, -0.1) is 0 Å². The average Bonchev–Trinajstić information content (AvgIpc) is 3.30. The number of hydrogen-bond donors (Lipinski definition) is 1. The van der Waals surface area contributed by atoms with Crippen molar-refractivity contribution in [2.75, 3.05) is 26.1 Å². The van der Waals surface area contributed by atoms with E-state index < -0.39 is 0 Å². The standard InChI is InChI=1S/C17H18IN5O3/c1-24-11-6-3-5-10(14(11)25-2)20-15-13-16(22-17(18)21-15)23(9-19-13)12-7-4-8-26-12/h3,5-6,9,12H,4,7-8H2,1-2H3,(H,20,21,22). The molecule has 9 heteroatoms. The van der Waals surface area contributed by atoms with Crippen LogP contribution < -0.4 is 14.8 Å². The van der Waals surface area contributed by atoms with Crippen LogP contribution >= 0.6 is 22.6 Å². The van der Waals surface area contributed by atoms with Gasteiger partial charge in [-0.1, -0.05) is 6.07 Å². The second-order valence-electron chi connectivity index (χ2n) is 5.80. The molecule has 1 unspecified atom stereocenters. The van der Waals surface area contributed by atoms with Gasteiger partial charge in [0.05, 0.1) is 26.2 Å². The van der Waals surface area contributed by atoms with Crippen LogP contribution in [0.4, 0.5) is 11.5 Å². The number of benzene rings is 1. The molecule has 1 N–H and O–H groups in total. The molecule has 26 heavy (non-hydrogen) atoms. The normalized spacial score (nSPS) is 16.8. The van der Waals surface area contributed by atoms with Crippen LogP contribution in [-0.4, -0.2) is 40.3 Å². The van der Waals surface area contributed by atoms with Crippen LogP contribution in [0.25, 0.3) is 11.2 Å². The number of aromatic nitrogens is 4. The molecular formula is C17H18IN5O3. The van der Waals surface area contributed by atoms with Crippen molar-refractivity contribution in [3.8, 4) is 11.5 Å². The third kappa shape index (κ3) is 3.05. The number of fused-ring (bicyclic) bond motifs is 1. The molecule has 1 fully saturated rings. The first-order chi connectivity index (χ1) is 12.7. The Hall–Kier alpha value is -2.14. The summed E-state index contributed by atoms with van der Waals surface area (Å²) in [5.74, 6) is 1.86. The van der Waals surface area contributed by atoms with Crippen molar-refractivity contribution < 1.29 is 14.2 Å². The van der Waals surface area contributed by atoms with Gasteiger partial charge in [0.25, 0.3) is 0 Å². The number of nitrogens with zero attached hydrogens (tertiary/aromatic N) is 4. The summed E-state index contributed by atoms with van der Waals surface area (Å²) >= 11 is 2.11. The first kappa shape index (κ1) is 17.3. The minimum Gasteiger partial charge on any atom is -0.493 e. The minimum absolute atomic E-state index is 0.0232. The number of anilines is 2. The lowest BCUT2D eigenvalue weighted by molar-refractivity contribution is 0.0592. The topological polar surface area (TPSA) is 83.3 Å². The molecule has 3 heterocycles. The Morgan fingerprint density at radius 1 is 1.27 bits per heavy atom. The lowest BCUT2D eigenvalue weighted by Crippen LogP contribution is -2.08. The molecule has 3 aromatic rings. The highest BCUT2D eigenvalue weighted by molar-refractivity contribution is 14.1. The fraction of sp³-hybridized carbons (Fsp3) is 0.353. The number of methoxy groups -OCH3 is 2. The number of nitrogens with one attached hydrogen (secondary N) is 1. The van der Waals surface area contributed by atoms with Crippen molar-refractivity contribution in [1.82, 2.24) is 19.5 Å². The first-order valence-corrected chi connectivity index (χ1v) is 9.29. The molecule has 1 aromatic carbocycles. The molecular weight excluding hydrogens is 449 g/mol. The van der Waals surface area contributed by atoms with Crippen molar-refractivity contribution in [3.63, 3.8) is 0 Å². The van der Waals surface area contributed by atoms with Crippen molar-refractivity contribution in [3.05, 3.63) is 28.4 Å². The molecule has 2 aromatic heterocycles. The molecule has 1 saturated heterocycles. The molecule has 136 valence electrons. The Morgan fingerprint density at radius 2 is 2.15 bits per heavy atom. The van der Waals surface area contributed by atoms with Crippen LogP contribution in [0, 0.1) is 3.83 Å². The maximum absolute atomic E-state index is 5.77. The van der Waals surface area contributed by atoms with E-state index in [1.165, 1.54) is 0 Å². The third-order valence-corrected chi connectivity index (χ3v) is 4.75. The second-order valence-corrected chi connectivity index (χ2v) is 6.76. The summed E-state index contributed by atoms with van der Waals surface area (Å²) in [6.07, 6.45) is 3.74. The van der Waals surface area contributed by atoms with Gasteiger partial charge in [-0.25, -0.2) is 15.0 Å². The fourth-order valence-electron chi connectivity index (χ4n) is 3.08. The van der Waals surface area contributed by atoms with E-state index in [-0.39, 0.29) is 6.23 Å². The number of hydrogen-bond acceptors (Lipinski definition) is 7. The van der Waals surface area contributed by atoms with E-state index in [4.69, 9.17) is 14.2 Å². The molecule has 0 saturated carbocycles. The van der Waals surface area contributed by atoms with Gasteiger partial charge in [0.15, 0.2) is 32.3 Å². The van der Waals surface area contributed by atoms with Gasteiger partial charge in [0, 0.05) is 29.2 Å². The first-order valence-electron chi connectivity index (χ1n) is 8.21. The Labute approximate surface area is 164 Å². The van der Waals surface area contributed by atoms with Crippen LogP contribution in [-0.2, 0) is 4.74 Å². The maximum atomic E-state index is 5.77. The molecule has 0 bridgehead atoms. The Bertz CT molecular complexity index is 940. The highest BCUT2D eigenvalue weighted by Crippen LogP contribution is 2.37. The summed E-state index contributed by atoms with van der Waals surface area (Å²) in [6, 6.07) is 5.63. The van der Waals surface area contributed by atoms with Gasteiger partial charge < -0.3 is 19.5 Å². The molecule has 4 rings (SSSR count). The molecule has 1 aliphatic heterocycles. The molecule has 8 nitrogen and oxygen atoms in total. The fourth-order valence-corrected chi connectivity index (χ4v) is 3.55. The highest BCUT2D eigenvalue weighted by Gasteiger charge is 2.22. The quantitative estimate of drug-likeness (QED) is 0.454. The Morgan fingerprint density at radius 3 is 2.88 bits per heavy atom. The summed E-state index contributed by atoms with van der Waals surface area (Å²) in [4.78, 5) is 13.6.